The Balaban J connectivity index is 1.94. The summed E-state index contributed by atoms with van der Waals surface area (Å²) in [5.41, 5.74) is 0. The van der Waals surface area contributed by atoms with Crippen molar-refractivity contribution >= 4 is 16.0 Å². The second-order valence-corrected chi connectivity index (χ2v) is 7.82. The van der Waals surface area contributed by atoms with E-state index in [2.05, 4.69) is 0 Å². The highest BCUT2D eigenvalue weighted by atomic mass is 32.2. The third-order valence-corrected chi connectivity index (χ3v) is 6.28. The summed E-state index contributed by atoms with van der Waals surface area (Å²) in [7, 11) is -1.20. The van der Waals surface area contributed by atoms with Crippen molar-refractivity contribution in [1.82, 2.24) is 4.31 Å². The Bertz CT molecular complexity index is 725. The minimum Gasteiger partial charge on any atom is -0.497 e. The van der Waals surface area contributed by atoms with Gasteiger partial charge in [0, 0.05) is 6.42 Å². The second-order valence-electron chi connectivity index (χ2n) is 5.93. The molecule has 2 aliphatic heterocycles. The van der Waals surface area contributed by atoms with E-state index in [1.165, 1.54) is 26.4 Å². The Hall–Kier alpha value is -1.68. The van der Waals surface area contributed by atoms with E-state index in [0.717, 1.165) is 10.7 Å². The molecule has 0 aliphatic carbocycles. The van der Waals surface area contributed by atoms with Crippen LogP contribution in [-0.4, -0.2) is 64.5 Å². The fourth-order valence-corrected chi connectivity index (χ4v) is 4.72. The van der Waals surface area contributed by atoms with Crippen LogP contribution < -0.4 is 4.74 Å². The molecule has 2 saturated heterocycles. The van der Waals surface area contributed by atoms with E-state index < -0.39 is 27.8 Å². The van der Waals surface area contributed by atoms with E-state index >= 15 is 0 Å². The Kier molecular flexibility index (Phi) is 5.01. The number of hydrogen-bond acceptors (Lipinski definition) is 7. The molecule has 1 aromatic rings. The number of carbonyl (C=O) groups is 1. The molecule has 0 N–H and O–H groups in total. The van der Waals surface area contributed by atoms with Gasteiger partial charge < -0.3 is 18.9 Å². The van der Waals surface area contributed by atoms with E-state index in [4.69, 9.17) is 18.9 Å². The summed E-state index contributed by atoms with van der Waals surface area (Å²) in [6, 6.07) is 5.00. The number of methoxy groups -OCH3 is 2. The van der Waals surface area contributed by atoms with Crippen LogP contribution in [0.1, 0.15) is 12.8 Å². The standard InChI is InChI=1S/C16H21NO7S/c1-21-12-4-6-13(7-5-12)25(19,20)17-11-16(23-8-3-9-24-16)10-14(17)15(18)22-2/h4-7,14H,3,8-11H2,1-2H3/t14-/m1/s1. The fraction of sp³-hybridized carbons (Fsp3) is 0.562. The van der Waals surface area contributed by atoms with Crippen molar-refractivity contribution in [2.75, 3.05) is 34.0 Å². The zero-order valence-electron chi connectivity index (χ0n) is 14.1. The molecule has 2 heterocycles. The molecule has 9 heteroatoms. The van der Waals surface area contributed by atoms with Gasteiger partial charge in [0.25, 0.3) is 0 Å². The topological polar surface area (TPSA) is 91.4 Å². The first-order valence-electron chi connectivity index (χ1n) is 7.93. The van der Waals surface area contributed by atoms with Gasteiger partial charge in [-0.3, -0.25) is 4.79 Å². The maximum absolute atomic E-state index is 13.1. The lowest BCUT2D eigenvalue weighted by Crippen LogP contribution is -2.44. The molecule has 1 atom stereocenters. The average Bonchev–Trinajstić information content (AvgIpc) is 3.01. The first-order chi connectivity index (χ1) is 11.9. The van der Waals surface area contributed by atoms with E-state index in [1.807, 2.05) is 0 Å². The van der Waals surface area contributed by atoms with E-state index in [1.54, 1.807) is 12.1 Å². The monoisotopic (exact) mass is 371 g/mol. The predicted molar refractivity (Wildman–Crippen MR) is 86.6 cm³/mol. The highest BCUT2D eigenvalue weighted by Crippen LogP contribution is 2.38. The molecule has 3 rings (SSSR count). The van der Waals surface area contributed by atoms with Gasteiger partial charge in [-0.15, -0.1) is 0 Å². The number of carbonyl (C=O) groups excluding carboxylic acids is 1. The van der Waals surface area contributed by atoms with Gasteiger partial charge in [0.1, 0.15) is 11.8 Å². The quantitative estimate of drug-likeness (QED) is 0.722. The van der Waals surface area contributed by atoms with Crippen molar-refractivity contribution in [2.45, 2.75) is 29.6 Å². The second kappa shape index (κ2) is 6.91. The number of nitrogens with zero attached hydrogens (tertiary/aromatic N) is 1. The van der Waals surface area contributed by atoms with Gasteiger partial charge in [-0.25, -0.2) is 8.42 Å². The highest BCUT2D eigenvalue weighted by Gasteiger charge is 2.54. The minimum atomic E-state index is -3.93. The van der Waals surface area contributed by atoms with Gasteiger partial charge in [-0.2, -0.15) is 4.31 Å². The maximum Gasteiger partial charge on any atom is 0.324 e. The van der Waals surface area contributed by atoms with Crippen LogP contribution in [0, 0.1) is 0 Å². The lowest BCUT2D eigenvalue weighted by atomic mass is 10.1. The number of hydrogen-bond donors (Lipinski definition) is 0. The van der Waals surface area contributed by atoms with Crippen LogP contribution in [0.4, 0.5) is 0 Å². The van der Waals surface area contributed by atoms with E-state index in [9.17, 15) is 13.2 Å². The number of ether oxygens (including phenoxy) is 4. The van der Waals surface area contributed by atoms with Gasteiger partial charge in [-0.05, 0) is 30.7 Å². The van der Waals surface area contributed by atoms with Crippen molar-refractivity contribution in [2.24, 2.45) is 0 Å². The van der Waals surface area contributed by atoms with Crippen molar-refractivity contribution in [3.8, 4) is 5.75 Å². The Morgan fingerprint density at radius 1 is 1.20 bits per heavy atom. The zero-order chi connectivity index (χ0) is 18.1. The van der Waals surface area contributed by atoms with Gasteiger partial charge in [0.15, 0.2) is 5.79 Å². The molecule has 0 saturated carbocycles. The molecule has 2 fully saturated rings. The van der Waals surface area contributed by atoms with Crippen LogP contribution >= 0.6 is 0 Å². The minimum absolute atomic E-state index is 0.0544. The normalized spacial score (nSPS) is 23.5. The van der Waals surface area contributed by atoms with Crippen LogP contribution in [0.5, 0.6) is 5.75 Å². The van der Waals surface area contributed by atoms with Crippen LogP contribution in [-0.2, 0) is 29.0 Å². The Labute approximate surface area is 146 Å². The number of benzene rings is 1. The molecule has 1 aromatic carbocycles. The molecule has 0 aromatic heterocycles. The molecule has 1 spiro atoms. The number of esters is 1. The molecule has 138 valence electrons. The summed E-state index contributed by atoms with van der Waals surface area (Å²) in [4.78, 5) is 12.2. The average molecular weight is 371 g/mol. The SMILES string of the molecule is COC(=O)[C@H]1CC2(CN1S(=O)(=O)c1ccc(OC)cc1)OCCCO2. The zero-order valence-corrected chi connectivity index (χ0v) is 15.0. The number of rotatable bonds is 4. The molecular weight excluding hydrogens is 350 g/mol. The molecule has 0 radical (unpaired) electrons. The van der Waals surface area contributed by atoms with Gasteiger partial charge in [0.05, 0.1) is 38.9 Å². The molecular formula is C16H21NO7S. The first kappa shape index (κ1) is 18.1. The van der Waals surface area contributed by atoms with Crippen molar-refractivity contribution in [3.63, 3.8) is 0 Å². The lowest BCUT2D eigenvalue weighted by molar-refractivity contribution is -0.256. The number of sulfonamides is 1. The largest absolute Gasteiger partial charge is 0.497 e. The summed E-state index contributed by atoms with van der Waals surface area (Å²) < 4.78 is 48.4. The summed E-state index contributed by atoms with van der Waals surface area (Å²) in [5.74, 6) is -1.19. The molecule has 25 heavy (non-hydrogen) atoms. The summed E-state index contributed by atoms with van der Waals surface area (Å²) in [6.07, 6.45) is 0.838. The van der Waals surface area contributed by atoms with Crippen LogP contribution in [0.2, 0.25) is 0 Å². The molecule has 2 aliphatic rings. The van der Waals surface area contributed by atoms with Crippen molar-refractivity contribution in [1.29, 1.82) is 0 Å². The summed E-state index contributed by atoms with van der Waals surface area (Å²) >= 11 is 0. The van der Waals surface area contributed by atoms with Crippen LogP contribution in [0.3, 0.4) is 0 Å². The molecule has 0 amide bonds. The van der Waals surface area contributed by atoms with E-state index in [-0.39, 0.29) is 17.9 Å². The lowest BCUT2D eigenvalue weighted by Gasteiger charge is -2.33. The van der Waals surface area contributed by atoms with Gasteiger partial charge in [0.2, 0.25) is 10.0 Å². The van der Waals surface area contributed by atoms with E-state index in [0.29, 0.717) is 19.0 Å². The maximum atomic E-state index is 13.1. The van der Waals surface area contributed by atoms with Crippen LogP contribution in [0.25, 0.3) is 0 Å². The Morgan fingerprint density at radius 2 is 1.84 bits per heavy atom. The third kappa shape index (κ3) is 3.37. The smallest absolute Gasteiger partial charge is 0.324 e. The van der Waals surface area contributed by atoms with Crippen molar-refractivity contribution in [3.05, 3.63) is 24.3 Å². The third-order valence-electron chi connectivity index (χ3n) is 4.41. The molecule has 8 nitrogen and oxygen atoms in total. The predicted octanol–water partition coefficient (Wildman–Crippen LogP) is 0.764. The Morgan fingerprint density at radius 3 is 2.40 bits per heavy atom. The summed E-state index contributed by atoms with van der Waals surface area (Å²) in [6.45, 7) is 0.871. The van der Waals surface area contributed by atoms with Crippen LogP contribution in [0.15, 0.2) is 29.2 Å². The molecule has 0 bridgehead atoms. The summed E-state index contributed by atoms with van der Waals surface area (Å²) in [5, 5.41) is 0. The van der Waals surface area contributed by atoms with Crippen molar-refractivity contribution < 1.29 is 32.2 Å². The van der Waals surface area contributed by atoms with Gasteiger partial charge >= 0.3 is 5.97 Å². The first-order valence-corrected chi connectivity index (χ1v) is 9.37. The fourth-order valence-electron chi connectivity index (χ4n) is 3.11. The molecule has 0 unspecified atom stereocenters. The van der Waals surface area contributed by atoms with Gasteiger partial charge in [-0.1, -0.05) is 0 Å². The highest BCUT2D eigenvalue weighted by molar-refractivity contribution is 7.89.